The molecule has 0 spiro atoms. The van der Waals surface area contributed by atoms with E-state index in [4.69, 9.17) is 10.5 Å². The number of amides is 1. The maximum Gasteiger partial charge on any atom is 0.412 e. The molecule has 1 amide bonds. The molecule has 5 nitrogen and oxygen atoms in total. The molecule has 1 rings (SSSR count). The van der Waals surface area contributed by atoms with Crippen LogP contribution in [0.3, 0.4) is 0 Å². The van der Waals surface area contributed by atoms with Crippen molar-refractivity contribution < 1.29 is 14.3 Å². The van der Waals surface area contributed by atoms with E-state index in [1.165, 1.54) is 0 Å². The monoisotopic (exact) mass is 278 g/mol. The predicted molar refractivity (Wildman–Crippen MR) is 79.0 cm³/mol. The van der Waals surface area contributed by atoms with E-state index in [9.17, 15) is 9.59 Å². The van der Waals surface area contributed by atoms with E-state index >= 15 is 0 Å². The second-order valence-corrected chi connectivity index (χ2v) is 5.81. The first-order chi connectivity index (χ1) is 9.10. The van der Waals surface area contributed by atoms with Gasteiger partial charge >= 0.3 is 6.09 Å². The third kappa shape index (κ3) is 4.66. The zero-order valence-electron chi connectivity index (χ0n) is 12.6. The van der Waals surface area contributed by atoms with E-state index in [1.807, 2.05) is 6.92 Å². The smallest absolute Gasteiger partial charge is 0.412 e. The van der Waals surface area contributed by atoms with Crippen LogP contribution in [0.5, 0.6) is 0 Å². The lowest BCUT2D eigenvalue weighted by atomic mass is 10.0. The fraction of sp³-hybridized carbons (Fsp3) is 0.467. The summed E-state index contributed by atoms with van der Waals surface area (Å²) in [5.74, 6) is -0.169. The van der Waals surface area contributed by atoms with Gasteiger partial charge in [-0.3, -0.25) is 10.1 Å². The molecule has 110 valence electrons. The summed E-state index contributed by atoms with van der Waals surface area (Å²) in [5.41, 5.74) is 6.87. The summed E-state index contributed by atoms with van der Waals surface area (Å²) < 4.78 is 5.18. The van der Waals surface area contributed by atoms with Gasteiger partial charge in [0.2, 0.25) is 0 Å². The Morgan fingerprint density at radius 3 is 2.40 bits per heavy atom. The predicted octanol–water partition coefficient (Wildman–Crippen LogP) is 2.87. The molecule has 20 heavy (non-hydrogen) atoms. The van der Waals surface area contributed by atoms with Gasteiger partial charge in [-0.05, 0) is 46.2 Å². The number of benzene rings is 1. The minimum absolute atomic E-state index is 0.169. The molecule has 0 aliphatic carbocycles. The van der Waals surface area contributed by atoms with Gasteiger partial charge in [0.25, 0.3) is 0 Å². The van der Waals surface area contributed by atoms with Gasteiger partial charge in [0.1, 0.15) is 5.60 Å². The Labute approximate surface area is 119 Å². The van der Waals surface area contributed by atoms with Crippen LogP contribution in [0.1, 0.15) is 43.6 Å². The van der Waals surface area contributed by atoms with Gasteiger partial charge in [0.15, 0.2) is 5.78 Å². The van der Waals surface area contributed by atoms with E-state index in [0.29, 0.717) is 11.3 Å². The maximum absolute atomic E-state index is 11.9. The lowest BCUT2D eigenvalue weighted by Crippen LogP contribution is -2.28. The molecule has 1 unspecified atom stereocenters. The summed E-state index contributed by atoms with van der Waals surface area (Å²) in [6.45, 7) is 8.83. The van der Waals surface area contributed by atoms with Crippen molar-refractivity contribution in [3.8, 4) is 0 Å². The number of aryl methyl sites for hydroxylation is 1. The SMILES string of the molecule is Cc1ccc(C(=O)C(C)N)cc1NC(=O)OC(C)(C)C. The molecule has 1 aromatic carbocycles. The van der Waals surface area contributed by atoms with Crippen LogP contribution in [0.15, 0.2) is 18.2 Å². The molecule has 0 fully saturated rings. The van der Waals surface area contributed by atoms with Crippen LogP contribution in [0.4, 0.5) is 10.5 Å². The number of ketones is 1. The average Bonchev–Trinajstić information content (AvgIpc) is 2.28. The number of nitrogens with two attached hydrogens (primary N) is 1. The third-order valence-corrected chi connectivity index (χ3v) is 2.57. The Hall–Kier alpha value is -1.88. The van der Waals surface area contributed by atoms with Crippen molar-refractivity contribution in [2.45, 2.75) is 46.3 Å². The quantitative estimate of drug-likeness (QED) is 0.833. The second-order valence-electron chi connectivity index (χ2n) is 5.81. The van der Waals surface area contributed by atoms with Gasteiger partial charge < -0.3 is 10.5 Å². The van der Waals surface area contributed by atoms with E-state index < -0.39 is 17.7 Å². The molecular formula is C15H22N2O3. The zero-order valence-corrected chi connectivity index (χ0v) is 12.6. The lowest BCUT2D eigenvalue weighted by Gasteiger charge is -2.20. The summed E-state index contributed by atoms with van der Waals surface area (Å²) in [4.78, 5) is 23.6. The zero-order chi connectivity index (χ0) is 15.5. The van der Waals surface area contributed by atoms with Crippen molar-refractivity contribution in [2.75, 3.05) is 5.32 Å². The van der Waals surface area contributed by atoms with Crippen LogP contribution >= 0.6 is 0 Å². The van der Waals surface area contributed by atoms with E-state index in [0.717, 1.165) is 5.56 Å². The Bertz CT molecular complexity index is 516. The number of nitrogens with one attached hydrogen (secondary N) is 1. The Balaban J connectivity index is 2.93. The van der Waals surface area contributed by atoms with Gasteiger partial charge in [0.05, 0.1) is 6.04 Å². The first-order valence-electron chi connectivity index (χ1n) is 6.50. The number of hydrogen-bond acceptors (Lipinski definition) is 4. The molecule has 0 bridgehead atoms. The summed E-state index contributed by atoms with van der Waals surface area (Å²) in [6, 6.07) is 4.50. The lowest BCUT2D eigenvalue weighted by molar-refractivity contribution is 0.0635. The van der Waals surface area contributed by atoms with Gasteiger partial charge in [0, 0.05) is 11.3 Å². The Morgan fingerprint density at radius 2 is 1.90 bits per heavy atom. The number of anilines is 1. The van der Waals surface area contributed by atoms with Gasteiger partial charge in [-0.1, -0.05) is 12.1 Å². The number of carbonyl (C=O) groups excluding carboxylic acids is 2. The molecule has 1 aromatic rings. The summed E-state index contributed by atoms with van der Waals surface area (Å²) >= 11 is 0. The normalized spacial score (nSPS) is 12.7. The average molecular weight is 278 g/mol. The maximum atomic E-state index is 11.9. The standard InChI is InChI=1S/C15H22N2O3/c1-9-6-7-11(13(18)10(2)16)8-12(9)17-14(19)20-15(3,4)5/h6-8,10H,16H2,1-5H3,(H,17,19). The Kier molecular flexibility index (Phi) is 4.89. The Morgan fingerprint density at radius 1 is 1.30 bits per heavy atom. The van der Waals surface area contributed by atoms with Crippen LogP contribution in [-0.2, 0) is 4.74 Å². The molecule has 0 saturated carbocycles. The van der Waals surface area contributed by atoms with Crippen molar-refractivity contribution >= 4 is 17.6 Å². The molecule has 5 heteroatoms. The molecule has 0 radical (unpaired) electrons. The molecule has 0 aliphatic rings. The fourth-order valence-corrected chi connectivity index (χ4v) is 1.59. The molecule has 1 atom stereocenters. The number of rotatable bonds is 3. The van der Waals surface area contributed by atoms with Crippen LogP contribution < -0.4 is 11.1 Å². The largest absolute Gasteiger partial charge is 0.444 e. The van der Waals surface area contributed by atoms with Crippen molar-refractivity contribution in [1.29, 1.82) is 0 Å². The highest BCUT2D eigenvalue weighted by molar-refractivity contribution is 6.01. The van der Waals surface area contributed by atoms with Gasteiger partial charge in [-0.25, -0.2) is 4.79 Å². The highest BCUT2D eigenvalue weighted by Crippen LogP contribution is 2.19. The third-order valence-electron chi connectivity index (χ3n) is 2.57. The van der Waals surface area contributed by atoms with Crippen LogP contribution in [0, 0.1) is 6.92 Å². The fourth-order valence-electron chi connectivity index (χ4n) is 1.59. The van der Waals surface area contributed by atoms with Crippen molar-refractivity contribution in [2.24, 2.45) is 5.73 Å². The highest BCUT2D eigenvalue weighted by Gasteiger charge is 2.18. The molecule has 0 aliphatic heterocycles. The van der Waals surface area contributed by atoms with E-state index in [2.05, 4.69) is 5.32 Å². The first kappa shape index (κ1) is 16.2. The number of carbonyl (C=O) groups is 2. The van der Waals surface area contributed by atoms with Gasteiger partial charge in [-0.15, -0.1) is 0 Å². The van der Waals surface area contributed by atoms with Crippen molar-refractivity contribution in [3.05, 3.63) is 29.3 Å². The molecule has 0 saturated heterocycles. The molecule has 0 heterocycles. The van der Waals surface area contributed by atoms with Crippen LogP contribution in [0.25, 0.3) is 0 Å². The number of hydrogen-bond donors (Lipinski definition) is 2. The van der Waals surface area contributed by atoms with Crippen molar-refractivity contribution in [1.82, 2.24) is 0 Å². The van der Waals surface area contributed by atoms with Crippen LogP contribution in [0.2, 0.25) is 0 Å². The van der Waals surface area contributed by atoms with Gasteiger partial charge in [-0.2, -0.15) is 0 Å². The molecular weight excluding hydrogens is 256 g/mol. The highest BCUT2D eigenvalue weighted by atomic mass is 16.6. The second kappa shape index (κ2) is 6.05. The summed E-state index contributed by atoms with van der Waals surface area (Å²) in [5, 5.41) is 2.65. The topological polar surface area (TPSA) is 81.4 Å². The van der Waals surface area contributed by atoms with Crippen LogP contribution in [-0.4, -0.2) is 23.5 Å². The minimum Gasteiger partial charge on any atom is -0.444 e. The van der Waals surface area contributed by atoms with E-state index in [-0.39, 0.29) is 5.78 Å². The molecule has 3 N–H and O–H groups in total. The number of ether oxygens (including phenoxy) is 1. The molecule has 0 aromatic heterocycles. The first-order valence-corrected chi connectivity index (χ1v) is 6.50. The van der Waals surface area contributed by atoms with E-state index in [1.54, 1.807) is 45.9 Å². The summed E-state index contributed by atoms with van der Waals surface area (Å²) in [7, 11) is 0. The summed E-state index contributed by atoms with van der Waals surface area (Å²) in [6.07, 6.45) is -0.550. The minimum atomic E-state index is -0.577. The number of Topliss-reactive ketones (excluding diaryl/α,β-unsaturated/α-hetero) is 1. The van der Waals surface area contributed by atoms with Crippen molar-refractivity contribution in [3.63, 3.8) is 0 Å².